The van der Waals surface area contributed by atoms with E-state index in [-0.39, 0.29) is 22.4 Å². The summed E-state index contributed by atoms with van der Waals surface area (Å²) < 4.78 is 0. The monoisotopic (exact) mass is 267 g/mol. The Morgan fingerprint density at radius 2 is 1.95 bits per heavy atom. The van der Waals surface area contributed by atoms with Crippen molar-refractivity contribution in [2.45, 2.75) is 0 Å². The number of aromatic amines is 1. The van der Waals surface area contributed by atoms with E-state index in [1.165, 1.54) is 18.5 Å². The molecule has 1 N–H and O–H groups in total. The number of carbonyl (C=O) groups is 1. The van der Waals surface area contributed by atoms with Crippen LogP contribution in [0, 0.1) is 10.1 Å². The standard InChI is InChI=1S/C14H9N3O3/c18-13(9-4-2-1-3-5-9)10-8-16-14-12(10)11(17(19)20)6-7-15-14/h1-8H,(H,15,16). The molecule has 6 heteroatoms. The molecule has 0 atom stereocenters. The van der Waals surface area contributed by atoms with E-state index in [0.29, 0.717) is 11.2 Å². The third-order valence-corrected chi connectivity index (χ3v) is 3.03. The summed E-state index contributed by atoms with van der Waals surface area (Å²) in [5.41, 5.74) is 0.937. The Morgan fingerprint density at radius 1 is 1.20 bits per heavy atom. The smallest absolute Gasteiger partial charge is 0.282 e. The number of nitro groups is 1. The average Bonchev–Trinajstić information content (AvgIpc) is 2.91. The third-order valence-electron chi connectivity index (χ3n) is 3.03. The van der Waals surface area contributed by atoms with Crippen LogP contribution in [0.15, 0.2) is 48.8 Å². The summed E-state index contributed by atoms with van der Waals surface area (Å²) in [4.78, 5) is 29.8. The van der Waals surface area contributed by atoms with Gasteiger partial charge >= 0.3 is 0 Å². The van der Waals surface area contributed by atoms with Gasteiger partial charge in [0.2, 0.25) is 0 Å². The number of H-pyrrole nitrogens is 1. The second kappa shape index (κ2) is 4.58. The first kappa shape index (κ1) is 12.0. The average molecular weight is 267 g/mol. The van der Waals surface area contributed by atoms with Crippen molar-refractivity contribution in [3.05, 3.63) is 70.0 Å². The molecule has 98 valence electrons. The van der Waals surface area contributed by atoms with Crippen LogP contribution < -0.4 is 0 Å². The maximum absolute atomic E-state index is 12.4. The van der Waals surface area contributed by atoms with Crippen LogP contribution in [-0.4, -0.2) is 20.7 Å². The Kier molecular flexibility index (Phi) is 2.76. The maximum Gasteiger partial charge on any atom is 0.282 e. The number of nitrogens with one attached hydrogen (secondary N) is 1. The summed E-state index contributed by atoms with van der Waals surface area (Å²) in [5, 5.41) is 11.3. The van der Waals surface area contributed by atoms with Crippen molar-refractivity contribution in [2.24, 2.45) is 0 Å². The van der Waals surface area contributed by atoms with Crippen molar-refractivity contribution in [1.29, 1.82) is 0 Å². The zero-order chi connectivity index (χ0) is 14.1. The van der Waals surface area contributed by atoms with Crippen LogP contribution in [0.4, 0.5) is 5.69 Å². The van der Waals surface area contributed by atoms with Crippen LogP contribution >= 0.6 is 0 Å². The van der Waals surface area contributed by atoms with Gasteiger partial charge in [-0.2, -0.15) is 0 Å². The Labute approximate surface area is 113 Å². The molecule has 2 heterocycles. The molecule has 0 aliphatic heterocycles. The molecule has 0 radical (unpaired) electrons. The molecule has 20 heavy (non-hydrogen) atoms. The van der Waals surface area contributed by atoms with Crippen molar-refractivity contribution >= 4 is 22.5 Å². The predicted molar refractivity (Wildman–Crippen MR) is 72.6 cm³/mol. The molecular weight excluding hydrogens is 258 g/mol. The third kappa shape index (κ3) is 1.83. The second-order valence-electron chi connectivity index (χ2n) is 4.21. The number of pyridine rings is 1. The molecular formula is C14H9N3O3. The number of hydrogen-bond acceptors (Lipinski definition) is 4. The zero-order valence-electron chi connectivity index (χ0n) is 10.2. The fourth-order valence-electron chi connectivity index (χ4n) is 2.12. The summed E-state index contributed by atoms with van der Waals surface area (Å²) >= 11 is 0. The SMILES string of the molecule is O=C(c1ccccc1)c1c[nH]c2nccc([N+](=O)[O-])c12. The number of ketones is 1. The molecule has 0 saturated heterocycles. The number of rotatable bonds is 3. The van der Waals surface area contributed by atoms with Crippen molar-refractivity contribution < 1.29 is 9.72 Å². The molecule has 0 amide bonds. The molecule has 1 aromatic carbocycles. The van der Waals surface area contributed by atoms with Crippen LogP contribution in [-0.2, 0) is 0 Å². The van der Waals surface area contributed by atoms with E-state index in [9.17, 15) is 14.9 Å². The highest BCUT2D eigenvalue weighted by atomic mass is 16.6. The van der Waals surface area contributed by atoms with Gasteiger partial charge in [-0.05, 0) is 0 Å². The highest BCUT2D eigenvalue weighted by Crippen LogP contribution is 2.28. The molecule has 0 saturated carbocycles. The predicted octanol–water partition coefficient (Wildman–Crippen LogP) is 2.70. The quantitative estimate of drug-likeness (QED) is 0.449. The maximum atomic E-state index is 12.4. The van der Waals surface area contributed by atoms with Gasteiger partial charge in [-0.1, -0.05) is 30.3 Å². The molecule has 2 aromatic heterocycles. The minimum absolute atomic E-state index is 0.129. The van der Waals surface area contributed by atoms with Gasteiger partial charge in [0.15, 0.2) is 5.78 Å². The van der Waals surface area contributed by atoms with E-state index in [4.69, 9.17) is 0 Å². The first-order valence-electron chi connectivity index (χ1n) is 5.88. The molecule has 3 aromatic rings. The van der Waals surface area contributed by atoms with Gasteiger partial charge < -0.3 is 4.98 Å². The second-order valence-corrected chi connectivity index (χ2v) is 4.21. The van der Waals surface area contributed by atoms with E-state index in [0.717, 1.165) is 0 Å². The summed E-state index contributed by atoms with van der Waals surface area (Å²) in [6.45, 7) is 0. The van der Waals surface area contributed by atoms with E-state index < -0.39 is 4.92 Å². The highest BCUT2D eigenvalue weighted by molar-refractivity contribution is 6.17. The Morgan fingerprint density at radius 3 is 2.65 bits per heavy atom. The number of fused-ring (bicyclic) bond motifs is 1. The first-order valence-corrected chi connectivity index (χ1v) is 5.88. The first-order chi connectivity index (χ1) is 9.68. The minimum Gasteiger partial charge on any atom is -0.345 e. The topological polar surface area (TPSA) is 88.9 Å². The molecule has 3 rings (SSSR count). The summed E-state index contributed by atoms with van der Waals surface area (Å²) in [7, 11) is 0. The van der Waals surface area contributed by atoms with Gasteiger partial charge in [0.1, 0.15) is 11.0 Å². The van der Waals surface area contributed by atoms with E-state index in [2.05, 4.69) is 9.97 Å². The zero-order valence-corrected chi connectivity index (χ0v) is 10.2. The molecule has 0 aliphatic rings. The van der Waals surface area contributed by atoms with Gasteiger partial charge in [0, 0.05) is 24.0 Å². The van der Waals surface area contributed by atoms with Crippen LogP contribution in [0.25, 0.3) is 11.0 Å². The Hall–Kier alpha value is -3.02. The van der Waals surface area contributed by atoms with E-state index in [1.54, 1.807) is 30.3 Å². The fraction of sp³-hybridized carbons (Fsp3) is 0. The summed E-state index contributed by atoms with van der Waals surface area (Å²) in [5.74, 6) is -0.270. The van der Waals surface area contributed by atoms with Crippen LogP contribution in [0.5, 0.6) is 0 Å². The van der Waals surface area contributed by atoms with Crippen LogP contribution in [0.3, 0.4) is 0 Å². The van der Waals surface area contributed by atoms with Gasteiger partial charge in [0.05, 0.1) is 10.5 Å². The Bertz CT molecular complexity index is 809. The van der Waals surface area contributed by atoms with Crippen molar-refractivity contribution in [3.63, 3.8) is 0 Å². The number of carbonyl (C=O) groups excluding carboxylic acids is 1. The van der Waals surface area contributed by atoms with Gasteiger partial charge in [0.25, 0.3) is 5.69 Å². The number of hydrogen-bond donors (Lipinski definition) is 1. The van der Waals surface area contributed by atoms with Crippen molar-refractivity contribution in [2.75, 3.05) is 0 Å². The Balaban J connectivity index is 2.23. The molecule has 0 fully saturated rings. The van der Waals surface area contributed by atoms with Crippen LogP contribution in [0.2, 0.25) is 0 Å². The molecule has 0 bridgehead atoms. The van der Waals surface area contributed by atoms with Crippen molar-refractivity contribution in [3.8, 4) is 0 Å². The summed E-state index contributed by atoms with van der Waals surface area (Å²) in [6, 6.07) is 9.92. The molecule has 0 spiro atoms. The highest BCUT2D eigenvalue weighted by Gasteiger charge is 2.22. The normalized spacial score (nSPS) is 10.6. The molecule has 0 aliphatic carbocycles. The lowest BCUT2D eigenvalue weighted by Gasteiger charge is -1.99. The molecule has 0 unspecified atom stereocenters. The van der Waals surface area contributed by atoms with E-state index >= 15 is 0 Å². The largest absolute Gasteiger partial charge is 0.345 e. The number of aromatic nitrogens is 2. The van der Waals surface area contributed by atoms with Crippen LogP contribution in [0.1, 0.15) is 15.9 Å². The lowest BCUT2D eigenvalue weighted by Crippen LogP contribution is -2.01. The van der Waals surface area contributed by atoms with E-state index in [1.807, 2.05) is 0 Å². The fourth-order valence-corrected chi connectivity index (χ4v) is 2.12. The number of nitrogens with zero attached hydrogens (tertiary/aromatic N) is 2. The lowest BCUT2D eigenvalue weighted by atomic mass is 10.0. The minimum atomic E-state index is -0.514. The number of benzene rings is 1. The van der Waals surface area contributed by atoms with Crippen molar-refractivity contribution in [1.82, 2.24) is 9.97 Å². The lowest BCUT2D eigenvalue weighted by molar-refractivity contribution is -0.383. The van der Waals surface area contributed by atoms with Gasteiger partial charge in [-0.25, -0.2) is 4.98 Å². The molecule has 6 nitrogen and oxygen atoms in total. The van der Waals surface area contributed by atoms with Gasteiger partial charge in [-0.15, -0.1) is 0 Å². The summed E-state index contributed by atoms with van der Waals surface area (Å²) in [6.07, 6.45) is 2.80. The van der Waals surface area contributed by atoms with Gasteiger partial charge in [-0.3, -0.25) is 14.9 Å².